The van der Waals surface area contributed by atoms with Crippen molar-refractivity contribution in [2.45, 2.75) is 25.2 Å². The number of hydrogen-bond donors (Lipinski definition) is 2. The van der Waals surface area contributed by atoms with Crippen molar-refractivity contribution >= 4 is 12.2 Å². The van der Waals surface area contributed by atoms with Gasteiger partial charge < -0.3 is 9.84 Å². The average molecular weight is 228 g/mol. The van der Waals surface area contributed by atoms with Crippen molar-refractivity contribution < 1.29 is 9.84 Å². The molecule has 0 aromatic carbocycles. The summed E-state index contributed by atoms with van der Waals surface area (Å²) in [4.78, 5) is 14.0. The number of aliphatic hydroxyl groups is 1. The molecular weight excluding hydrogens is 216 g/mol. The van der Waals surface area contributed by atoms with E-state index in [9.17, 15) is 4.79 Å². The number of nitrogens with one attached hydrogen (secondary N) is 1. The summed E-state index contributed by atoms with van der Waals surface area (Å²) < 4.78 is 7.35. The Labute approximate surface area is 91.3 Å². The first-order valence-electron chi connectivity index (χ1n) is 4.78. The summed E-state index contributed by atoms with van der Waals surface area (Å²) in [6, 6.07) is 1.65. The molecule has 0 saturated carbocycles. The highest BCUT2D eigenvalue weighted by atomic mass is 32.1. The van der Waals surface area contributed by atoms with Crippen molar-refractivity contribution in [3.63, 3.8) is 0 Å². The van der Waals surface area contributed by atoms with Crippen LogP contribution in [0.2, 0.25) is 0 Å². The molecule has 15 heavy (non-hydrogen) atoms. The number of nitrogens with zero attached hydrogens (tertiary/aromatic N) is 1. The van der Waals surface area contributed by atoms with Gasteiger partial charge in [-0.2, -0.15) is 0 Å². The van der Waals surface area contributed by atoms with Gasteiger partial charge in [0, 0.05) is 6.20 Å². The molecule has 2 rings (SSSR count). The molecule has 82 valence electrons. The highest BCUT2D eigenvalue weighted by molar-refractivity contribution is 7.71. The molecule has 1 aromatic rings. The van der Waals surface area contributed by atoms with E-state index < -0.39 is 0 Å². The average Bonchev–Trinajstić information content (AvgIpc) is 2.66. The molecule has 2 N–H and O–H groups in total. The van der Waals surface area contributed by atoms with Gasteiger partial charge in [0.05, 0.1) is 12.7 Å². The molecule has 1 aromatic heterocycles. The maximum atomic E-state index is 11.5. The van der Waals surface area contributed by atoms with Gasteiger partial charge in [-0.05, 0) is 18.9 Å². The van der Waals surface area contributed by atoms with Gasteiger partial charge >= 0.3 is 5.69 Å². The van der Waals surface area contributed by atoms with Crippen LogP contribution in [0, 0.1) is 4.64 Å². The van der Waals surface area contributed by atoms with Crippen LogP contribution >= 0.6 is 12.2 Å². The van der Waals surface area contributed by atoms with Crippen LogP contribution in [0.3, 0.4) is 0 Å². The maximum absolute atomic E-state index is 11.5. The van der Waals surface area contributed by atoms with E-state index in [4.69, 9.17) is 22.1 Å². The minimum Gasteiger partial charge on any atom is -0.394 e. The molecule has 1 saturated heterocycles. The lowest BCUT2D eigenvalue weighted by molar-refractivity contribution is -0.0246. The van der Waals surface area contributed by atoms with Crippen molar-refractivity contribution in [2.24, 2.45) is 0 Å². The van der Waals surface area contributed by atoms with Crippen LogP contribution < -0.4 is 5.69 Å². The summed E-state index contributed by atoms with van der Waals surface area (Å²) in [5.74, 6) is 0. The Morgan fingerprint density at radius 3 is 3.07 bits per heavy atom. The van der Waals surface area contributed by atoms with Crippen molar-refractivity contribution in [3.05, 3.63) is 27.4 Å². The zero-order valence-electron chi connectivity index (χ0n) is 8.05. The fourth-order valence-corrected chi connectivity index (χ4v) is 1.83. The Morgan fingerprint density at radius 1 is 1.67 bits per heavy atom. The number of H-pyrrole nitrogens is 1. The number of aromatic nitrogens is 2. The maximum Gasteiger partial charge on any atom is 0.328 e. The zero-order valence-corrected chi connectivity index (χ0v) is 8.87. The van der Waals surface area contributed by atoms with E-state index in [2.05, 4.69) is 4.98 Å². The quantitative estimate of drug-likeness (QED) is 0.726. The third kappa shape index (κ3) is 2.17. The first-order chi connectivity index (χ1) is 7.20. The third-order valence-corrected chi connectivity index (χ3v) is 2.69. The number of aliphatic hydroxyl groups excluding tert-OH is 1. The second-order valence-electron chi connectivity index (χ2n) is 3.49. The first-order valence-corrected chi connectivity index (χ1v) is 5.19. The Morgan fingerprint density at radius 2 is 2.47 bits per heavy atom. The van der Waals surface area contributed by atoms with Crippen LogP contribution in [0.15, 0.2) is 17.1 Å². The van der Waals surface area contributed by atoms with E-state index in [1.54, 1.807) is 12.3 Å². The molecule has 1 fully saturated rings. The molecule has 5 nitrogen and oxygen atoms in total. The van der Waals surface area contributed by atoms with E-state index in [-0.39, 0.29) is 24.6 Å². The van der Waals surface area contributed by atoms with Gasteiger partial charge in [-0.15, -0.1) is 0 Å². The summed E-state index contributed by atoms with van der Waals surface area (Å²) in [5.41, 5.74) is -0.272. The zero-order chi connectivity index (χ0) is 10.8. The molecule has 1 aliphatic rings. The molecule has 0 spiro atoms. The number of aromatic amines is 1. The van der Waals surface area contributed by atoms with Gasteiger partial charge in [0.1, 0.15) is 10.9 Å². The summed E-state index contributed by atoms with van der Waals surface area (Å²) in [6.07, 6.45) is 2.66. The largest absolute Gasteiger partial charge is 0.394 e. The Hall–Kier alpha value is -0.980. The highest BCUT2D eigenvalue weighted by Gasteiger charge is 2.26. The number of ether oxygens (including phenoxy) is 1. The molecule has 6 heteroatoms. The lowest BCUT2D eigenvalue weighted by atomic mass is 10.2. The topological polar surface area (TPSA) is 67.2 Å². The van der Waals surface area contributed by atoms with Crippen molar-refractivity contribution in [1.29, 1.82) is 0 Å². The van der Waals surface area contributed by atoms with Crippen LogP contribution in [0.5, 0.6) is 0 Å². The fourth-order valence-electron chi connectivity index (χ4n) is 1.68. The molecule has 0 amide bonds. The van der Waals surface area contributed by atoms with Gasteiger partial charge in [0.2, 0.25) is 0 Å². The lowest BCUT2D eigenvalue weighted by Gasteiger charge is -2.14. The molecular formula is C9H12N2O3S. The number of hydrogen-bond acceptors (Lipinski definition) is 4. The monoisotopic (exact) mass is 228 g/mol. The summed E-state index contributed by atoms with van der Waals surface area (Å²) in [7, 11) is 0. The highest BCUT2D eigenvalue weighted by Crippen LogP contribution is 2.26. The smallest absolute Gasteiger partial charge is 0.328 e. The van der Waals surface area contributed by atoms with E-state index >= 15 is 0 Å². The molecule has 0 radical (unpaired) electrons. The molecule has 1 aliphatic heterocycles. The summed E-state index contributed by atoms with van der Waals surface area (Å²) in [5, 5.41) is 8.91. The SMILES string of the molecule is O=c1[nH]c(=S)ccn1[C@@H]1CC[C@H](CO)O1. The van der Waals surface area contributed by atoms with Crippen LogP contribution in [0.25, 0.3) is 0 Å². The second kappa shape index (κ2) is 4.26. The minimum absolute atomic E-state index is 0.00587. The van der Waals surface area contributed by atoms with Crippen molar-refractivity contribution in [2.75, 3.05) is 6.61 Å². The predicted molar refractivity (Wildman–Crippen MR) is 56.1 cm³/mol. The standard InChI is InChI=1S/C9H12N2O3S/c12-5-6-1-2-8(14-6)11-4-3-7(15)10-9(11)13/h3-4,6,8,12H,1-2,5H2,(H,10,13,15)/t6-,8+/m1/s1. The molecule has 2 heterocycles. The summed E-state index contributed by atoms with van der Waals surface area (Å²) >= 11 is 4.83. The third-order valence-electron chi connectivity index (χ3n) is 2.45. The predicted octanol–water partition coefficient (Wildman–Crippen LogP) is 0.576. The van der Waals surface area contributed by atoms with Gasteiger partial charge in [0.25, 0.3) is 0 Å². The van der Waals surface area contributed by atoms with Gasteiger partial charge in [0.15, 0.2) is 0 Å². The Balaban J connectivity index is 2.24. The lowest BCUT2D eigenvalue weighted by Crippen LogP contribution is -2.27. The van der Waals surface area contributed by atoms with Gasteiger partial charge in [-0.25, -0.2) is 4.79 Å². The van der Waals surface area contributed by atoms with Crippen molar-refractivity contribution in [1.82, 2.24) is 9.55 Å². The van der Waals surface area contributed by atoms with Crippen LogP contribution in [0.4, 0.5) is 0 Å². The summed E-state index contributed by atoms with van der Waals surface area (Å²) in [6.45, 7) is -0.00587. The van der Waals surface area contributed by atoms with Crippen LogP contribution in [-0.4, -0.2) is 27.4 Å². The van der Waals surface area contributed by atoms with E-state index in [1.807, 2.05) is 0 Å². The second-order valence-corrected chi connectivity index (χ2v) is 3.93. The molecule has 2 atom stereocenters. The Bertz CT molecular complexity index is 453. The van der Waals surface area contributed by atoms with E-state index in [0.29, 0.717) is 4.64 Å². The normalized spacial score (nSPS) is 25.7. The van der Waals surface area contributed by atoms with Crippen LogP contribution in [0.1, 0.15) is 19.1 Å². The molecule has 0 aliphatic carbocycles. The van der Waals surface area contributed by atoms with Gasteiger partial charge in [-0.3, -0.25) is 9.55 Å². The van der Waals surface area contributed by atoms with Gasteiger partial charge in [-0.1, -0.05) is 12.2 Å². The molecule has 0 bridgehead atoms. The fraction of sp³-hybridized carbons (Fsp3) is 0.556. The Kier molecular flexibility index (Phi) is 2.99. The van der Waals surface area contributed by atoms with Crippen LogP contribution in [-0.2, 0) is 4.74 Å². The minimum atomic E-state index is -0.290. The van der Waals surface area contributed by atoms with Crippen molar-refractivity contribution in [3.8, 4) is 0 Å². The van der Waals surface area contributed by atoms with E-state index in [0.717, 1.165) is 12.8 Å². The molecule has 0 unspecified atom stereocenters. The van der Waals surface area contributed by atoms with E-state index in [1.165, 1.54) is 4.57 Å². The number of rotatable bonds is 2. The first kappa shape index (κ1) is 10.5.